The van der Waals surface area contributed by atoms with Crippen LogP contribution >= 0.6 is 0 Å². The summed E-state index contributed by atoms with van der Waals surface area (Å²) in [6.07, 6.45) is 5.20. The molecule has 2 atom stereocenters. The predicted octanol–water partition coefficient (Wildman–Crippen LogP) is 2.09. The van der Waals surface area contributed by atoms with Gasteiger partial charge in [-0.1, -0.05) is 20.3 Å². The zero-order valence-electron chi connectivity index (χ0n) is 10.00. The molecular weight excluding hydrogens is 172 g/mol. The maximum Gasteiger partial charge on any atom is 0.00793 e. The lowest BCUT2D eigenvalue weighted by molar-refractivity contribution is 0.268. The van der Waals surface area contributed by atoms with Crippen LogP contribution < -0.4 is 5.73 Å². The van der Waals surface area contributed by atoms with Gasteiger partial charge >= 0.3 is 0 Å². The van der Waals surface area contributed by atoms with Crippen molar-refractivity contribution < 1.29 is 0 Å². The summed E-state index contributed by atoms with van der Waals surface area (Å²) in [5.41, 5.74) is 6.06. The fourth-order valence-electron chi connectivity index (χ4n) is 1.88. The van der Waals surface area contributed by atoms with Gasteiger partial charge in [0.05, 0.1) is 0 Å². The first-order chi connectivity index (χ1) is 6.63. The Morgan fingerprint density at radius 2 is 2.07 bits per heavy atom. The van der Waals surface area contributed by atoms with Gasteiger partial charge in [0, 0.05) is 12.6 Å². The molecule has 0 aromatic carbocycles. The van der Waals surface area contributed by atoms with Gasteiger partial charge in [-0.3, -0.25) is 0 Å². The molecule has 0 bridgehead atoms. The number of rotatable bonds is 7. The second-order valence-electron chi connectivity index (χ2n) is 5.07. The molecule has 2 nitrogen and oxygen atoms in total. The van der Waals surface area contributed by atoms with Crippen LogP contribution in [0, 0.1) is 11.8 Å². The van der Waals surface area contributed by atoms with Gasteiger partial charge in [0.25, 0.3) is 0 Å². The molecule has 0 heterocycles. The van der Waals surface area contributed by atoms with Gasteiger partial charge in [-0.2, -0.15) is 0 Å². The zero-order chi connectivity index (χ0) is 10.6. The van der Waals surface area contributed by atoms with Gasteiger partial charge in [-0.05, 0) is 44.7 Å². The Kier molecular flexibility index (Phi) is 4.90. The van der Waals surface area contributed by atoms with Crippen molar-refractivity contribution in [1.29, 1.82) is 0 Å². The highest BCUT2D eigenvalue weighted by molar-refractivity contribution is 4.84. The van der Waals surface area contributed by atoms with Crippen LogP contribution in [0.5, 0.6) is 0 Å². The highest BCUT2D eigenvalue weighted by Gasteiger charge is 2.28. The lowest BCUT2D eigenvalue weighted by atomic mass is 10.1. The molecule has 84 valence electrons. The van der Waals surface area contributed by atoms with E-state index in [2.05, 4.69) is 25.8 Å². The van der Waals surface area contributed by atoms with Gasteiger partial charge in [0.2, 0.25) is 0 Å². The van der Waals surface area contributed by atoms with E-state index >= 15 is 0 Å². The van der Waals surface area contributed by atoms with Gasteiger partial charge in [-0.25, -0.2) is 0 Å². The third kappa shape index (κ3) is 4.43. The Balaban J connectivity index is 2.04. The summed E-state index contributed by atoms with van der Waals surface area (Å²) in [6.45, 7) is 6.96. The summed E-state index contributed by atoms with van der Waals surface area (Å²) in [7, 11) is 2.21. The fourth-order valence-corrected chi connectivity index (χ4v) is 1.88. The summed E-state index contributed by atoms with van der Waals surface area (Å²) in [5.74, 6) is 1.67. The van der Waals surface area contributed by atoms with Crippen LogP contribution in [0.25, 0.3) is 0 Å². The van der Waals surface area contributed by atoms with E-state index in [0.29, 0.717) is 6.04 Å². The fraction of sp³-hybridized carbons (Fsp3) is 1.00. The van der Waals surface area contributed by atoms with E-state index in [1.807, 2.05) is 0 Å². The van der Waals surface area contributed by atoms with Crippen LogP contribution in [0.4, 0.5) is 0 Å². The summed E-state index contributed by atoms with van der Waals surface area (Å²) >= 11 is 0. The molecule has 1 aliphatic rings. The van der Waals surface area contributed by atoms with Gasteiger partial charge in [0.15, 0.2) is 0 Å². The Bertz CT molecular complexity index is 154. The molecule has 1 saturated carbocycles. The summed E-state index contributed by atoms with van der Waals surface area (Å²) in [4.78, 5) is 2.43. The Labute approximate surface area is 88.8 Å². The SMILES string of the molecule is CCC(C)CN(C)CCC(N)C1CC1. The Hall–Kier alpha value is -0.0800. The molecule has 1 aliphatic carbocycles. The lowest BCUT2D eigenvalue weighted by Gasteiger charge is -2.22. The van der Waals surface area contributed by atoms with Crippen molar-refractivity contribution in [2.75, 3.05) is 20.1 Å². The first-order valence-corrected chi connectivity index (χ1v) is 6.07. The van der Waals surface area contributed by atoms with Crippen LogP contribution in [-0.4, -0.2) is 31.1 Å². The highest BCUT2D eigenvalue weighted by Crippen LogP contribution is 2.32. The van der Waals surface area contributed by atoms with Crippen LogP contribution in [0.1, 0.15) is 39.5 Å². The van der Waals surface area contributed by atoms with Crippen molar-refractivity contribution in [3.8, 4) is 0 Å². The maximum atomic E-state index is 6.06. The normalized spacial score (nSPS) is 21.2. The number of hydrogen-bond acceptors (Lipinski definition) is 2. The largest absolute Gasteiger partial charge is 0.327 e. The van der Waals surface area contributed by atoms with Gasteiger partial charge in [0.1, 0.15) is 0 Å². The third-order valence-electron chi connectivity index (χ3n) is 3.39. The molecule has 2 unspecified atom stereocenters. The molecule has 0 spiro atoms. The molecule has 1 fully saturated rings. The molecule has 0 aromatic rings. The summed E-state index contributed by atoms with van der Waals surface area (Å²) < 4.78 is 0. The van der Waals surface area contributed by atoms with E-state index in [9.17, 15) is 0 Å². The molecule has 14 heavy (non-hydrogen) atoms. The standard InChI is InChI=1S/C12H26N2/c1-4-10(2)9-14(3)8-7-12(13)11-5-6-11/h10-12H,4-9,13H2,1-3H3. The van der Waals surface area contributed by atoms with Crippen LogP contribution in [-0.2, 0) is 0 Å². The third-order valence-corrected chi connectivity index (χ3v) is 3.39. The molecular formula is C12H26N2. The molecule has 0 aromatic heterocycles. The maximum absolute atomic E-state index is 6.06. The average Bonchev–Trinajstić information content (AvgIpc) is 2.97. The second kappa shape index (κ2) is 5.72. The van der Waals surface area contributed by atoms with Crippen molar-refractivity contribution in [2.45, 2.75) is 45.6 Å². The smallest absolute Gasteiger partial charge is 0.00793 e. The molecule has 2 heteroatoms. The van der Waals surface area contributed by atoms with E-state index in [1.165, 1.54) is 38.8 Å². The van der Waals surface area contributed by atoms with Crippen molar-refractivity contribution >= 4 is 0 Å². The Morgan fingerprint density at radius 1 is 1.43 bits per heavy atom. The predicted molar refractivity (Wildman–Crippen MR) is 62.3 cm³/mol. The molecule has 0 saturated heterocycles. The lowest BCUT2D eigenvalue weighted by Crippen LogP contribution is -2.31. The van der Waals surface area contributed by atoms with E-state index in [0.717, 1.165) is 11.8 Å². The van der Waals surface area contributed by atoms with Crippen LogP contribution in [0.2, 0.25) is 0 Å². The molecule has 0 aliphatic heterocycles. The van der Waals surface area contributed by atoms with E-state index in [4.69, 9.17) is 5.73 Å². The van der Waals surface area contributed by atoms with Crippen LogP contribution in [0.15, 0.2) is 0 Å². The second-order valence-corrected chi connectivity index (χ2v) is 5.07. The molecule has 1 rings (SSSR count). The Morgan fingerprint density at radius 3 is 2.57 bits per heavy atom. The zero-order valence-corrected chi connectivity index (χ0v) is 10.00. The monoisotopic (exact) mass is 198 g/mol. The van der Waals surface area contributed by atoms with Crippen molar-refractivity contribution in [3.63, 3.8) is 0 Å². The van der Waals surface area contributed by atoms with E-state index in [-0.39, 0.29) is 0 Å². The van der Waals surface area contributed by atoms with Crippen molar-refractivity contribution in [1.82, 2.24) is 4.90 Å². The highest BCUT2D eigenvalue weighted by atomic mass is 15.1. The number of hydrogen-bond donors (Lipinski definition) is 1. The minimum Gasteiger partial charge on any atom is -0.327 e. The van der Waals surface area contributed by atoms with E-state index < -0.39 is 0 Å². The molecule has 2 N–H and O–H groups in total. The number of nitrogens with zero attached hydrogens (tertiary/aromatic N) is 1. The van der Waals surface area contributed by atoms with Crippen molar-refractivity contribution in [2.24, 2.45) is 17.6 Å². The quantitative estimate of drug-likeness (QED) is 0.679. The average molecular weight is 198 g/mol. The topological polar surface area (TPSA) is 29.3 Å². The summed E-state index contributed by atoms with van der Waals surface area (Å²) in [5, 5.41) is 0. The van der Waals surface area contributed by atoms with Gasteiger partial charge < -0.3 is 10.6 Å². The summed E-state index contributed by atoms with van der Waals surface area (Å²) in [6, 6.07) is 0.467. The molecule has 0 radical (unpaired) electrons. The first kappa shape index (κ1) is 12.0. The minimum atomic E-state index is 0.467. The van der Waals surface area contributed by atoms with E-state index in [1.54, 1.807) is 0 Å². The number of nitrogens with two attached hydrogens (primary N) is 1. The van der Waals surface area contributed by atoms with Crippen LogP contribution in [0.3, 0.4) is 0 Å². The molecule has 0 amide bonds. The first-order valence-electron chi connectivity index (χ1n) is 6.07. The van der Waals surface area contributed by atoms with Gasteiger partial charge in [-0.15, -0.1) is 0 Å². The minimum absolute atomic E-state index is 0.467. The van der Waals surface area contributed by atoms with Crippen molar-refractivity contribution in [3.05, 3.63) is 0 Å².